The van der Waals surface area contributed by atoms with Crippen molar-refractivity contribution in [3.63, 3.8) is 0 Å². The van der Waals surface area contributed by atoms with Crippen LogP contribution in [0.25, 0.3) is 11.5 Å². The first-order valence-corrected chi connectivity index (χ1v) is 10.8. The number of likely N-dealkylation sites (N-methyl/N-ethyl adjacent to an activating group) is 1. The van der Waals surface area contributed by atoms with Crippen molar-refractivity contribution in [2.45, 2.75) is 25.2 Å². The molecule has 2 heterocycles. The molecule has 0 saturated heterocycles. The maximum Gasteiger partial charge on any atom is 0.277 e. The smallest absolute Gasteiger partial charge is 0.277 e. The number of benzene rings is 2. The molecule has 0 aliphatic carbocycles. The van der Waals surface area contributed by atoms with E-state index in [4.69, 9.17) is 13.9 Å². The Kier molecular flexibility index (Phi) is 6.23. The minimum Gasteiger partial charge on any atom is -0.486 e. The van der Waals surface area contributed by atoms with Crippen LogP contribution in [-0.4, -0.2) is 52.6 Å². The van der Waals surface area contributed by atoms with Gasteiger partial charge in [-0.15, -0.1) is 10.2 Å². The van der Waals surface area contributed by atoms with E-state index in [1.165, 1.54) is 11.8 Å². The lowest BCUT2D eigenvalue weighted by molar-refractivity contribution is -0.129. The molecule has 2 aromatic carbocycles. The molecule has 0 N–H and O–H groups in total. The second-order valence-corrected chi connectivity index (χ2v) is 7.83. The molecule has 1 unspecified atom stereocenters. The van der Waals surface area contributed by atoms with Crippen molar-refractivity contribution in [3.05, 3.63) is 54.1 Å². The van der Waals surface area contributed by atoms with Gasteiger partial charge in [0.1, 0.15) is 6.61 Å². The lowest BCUT2D eigenvalue weighted by Gasteiger charge is -2.30. The summed E-state index contributed by atoms with van der Waals surface area (Å²) < 4.78 is 17.4. The summed E-state index contributed by atoms with van der Waals surface area (Å²) in [4.78, 5) is 14.5. The average Bonchev–Trinajstić information content (AvgIpc) is 3.25. The molecule has 1 atom stereocenters. The topological polar surface area (TPSA) is 77.7 Å². The Labute approximate surface area is 179 Å². The second kappa shape index (κ2) is 9.21. The van der Waals surface area contributed by atoms with Gasteiger partial charge in [0.25, 0.3) is 5.22 Å². The van der Waals surface area contributed by atoms with Crippen molar-refractivity contribution in [1.82, 2.24) is 15.1 Å². The molecule has 0 fully saturated rings. The summed E-state index contributed by atoms with van der Waals surface area (Å²) >= 11 is 1.24. The third kappa shape index (κ3) is 4.59. The highest BCUT2D eigenvalue weighted by molar-refractivity contribution is 7.99. The zero-order valence-electron chi connectivity index (χ0n) is 16.9. The van der Waals surface area contributed by atoms with Gasteiger partial charge in [0.05, 0.1) is 12.3 Å². The van der Waals surface area contributed by atoms with E-state index < -0.39 is 0 Å². The van der Waals surface area contributed by atoms with Gasteiger partial charge in [0.2, 0.25) is 11.8 Å². The van der Waals surface area contributed by atoms with Crippen molar-refractivity contribution in [3.8, 4) is 23.0 Å². The monoisotopic (exact) mass is 425 g/mol. The molecule has 0 spiro atoms. The quantitative estimate of drug-likeness (QED) is 0.533. The SMILES string of the molecule is CCN(CC1COc2ccccc2O1)C(=O)CSc1nnc(-c2ccccc2C)o1. The predicted molar refractivity (Wildman–Crippen MR) is 114 cm³/mol. The molecule has 156 valence electrons. The lowest BCUT2D eigenvalue weighted by Crippen LogP contribution is -2.44. The molecule has 3 aromatic rings. The summed E-state index contributed by atoms with van der Waals surface area (Å²) in [5.41, 5.74) is 1.95. The number of nitrogens with zero attached hydrogens (tertiary/aromatic N) is 3. The molecule has 8 heteroatoms. The summed E-state index contributed by atoms with van der Waals surface area (Å²) in [6, 6.07) is 15.4. The number of amides is 1. The Morgan fingerprint density at radius 3 is 2.70 bits per heavy atom. The van der Waals surface area contributed by atoms with Crippen molar-refractivity contribution in [2.24, 2.45) is 0 Å². The van der Waals surface area contributed by atoms with Gasteiger partial charge < -0.3 is 18.8 Å². The van der Waals surface area contributed by atoms with Crippen molar-refractivity contribution in [1.29, 1.82) is 0 Å². The van der Waals surface area contributed by atoms with Crippen LogP contribution in [0.5, 0.6) is 11.5 Å². The Balaban J connectivity index is 1.33. The molecule has 1 amide bonds. The number of thioether (sulfide) groups is 1. The van der Waals surface area contributed by atoms with Gasteiger partial charge in [-0.2, -0.15) is 0 Å². The van der Waals surface area contributed by atoms with Gasteiger partial charge in [-0.25, -0.2) is 0 Å². The average molecular weight is 426 g/mol. The van der Waals surface area contributed by atoms with Gasteiger partial charge in [0, 0.05) is 12.1 Å². The van der Waals surface area contributed by atoms with E-state index in [-0.39, 0.29) is 17.8 Å². The van der Waals surface area contributed by atoms with Crippen LogP contribution in [-0.2, 0) is 4.79 Å². The number of carbonyl (C=O) groups excluding carboxylic acids is 1. The van der Waals surface area contributed by atoms with Crippen LogP contribution in [0.15, 0.2) is 58.2 Å². The van der Waals surface area contributed by atoms with Crippen molar-refractivity contribution in [2.75, 3.05) is 25.4 Å². The molecule has 4 rings (SSSR count). The number of hydrogen-bond acceptors (Lipinski definition) is 7. The van der Waals surface area contributed by atoms with E-state index in [0.717, 1.165) is 16.9 Å². The van der Waals surface area contributed by atoms with Crippen molar-refractivity contribution < 1.29 is 18.7 Å². The molecule has 1 aliphatic heterocycles. The van der Waals surface area contributed by atoms with Gasteiger partial charge in [-0.1, -0.05) is 42.1 Å². The third-order valence-corrected chi connectivity index (χ3v) is 5.63. The first-order chi connectivity index (χ1) is 14.6. The highest BCUT2D eigenvalue weighted by atomic mass is 32.2. The summed E-state index contributed by atoms with van der Waals surface area (Å²) in [5.74, 6) is 2.11. The van der Waals surface area contributed by atoms with Gasteiger partial charge in [0.15, 0.2) is 17.6 Å². The Morgan fingerprint density at radius 2 is 1.90 bits per heavy atom. The molecule has 0 radical (unpaired) electrons. The standard InChI is InChI=1S/C22H23N3O4S/c1-3-25(12-16-13-27-18-10-6-7-11-19(18)28-16)20(26)14-30-22-24-23-21(29-22)17-9-5-4-8-15(17)2/h4-11,16H,3,12-14H2,1-2H3. The fourth-order valence-electron chi connectivity index (χ4n) is 3.21. The minimum atomic E-state index is -0.204. The van der Waals surface area contributed by atoms with E-state index in [0.29, 0.717) is 36.6 Å². The van der Waals surface area contributed by atoms with Gasteiger partial charge in [-0.3, -0.25) is 4.79 Å². The number of rotatable bonds is 7. The van der Waals surface area contributed by atoms with Crippen LogP contribution < -0.4 is 9.47 Å². The van der Waals surface area contributed by atoms with Crippen LogP contribution >= 0.6 is 11.8 Å². The molecular formula is C22H23N3O4S. The molecule has 0 bridgehead atoms. The fraction of sp³-hybridized carbons (Fsp3) is 0.318. The highest BCUT2D eigenvalue weighted by Crippen LogP contribution is 2.31. The number of carbonyl (C=O) groups is 1. The van der Waals surface area contributed by atoms with Crippen LogP contribution in [0.4, 0.5) is 0 Å². The van der Waals surface area contributed by atoms with Gasteiger partial charge >= 0.3 is 0 Å². The number of aryl methyl sites for hydroxylation is 1. The first kappa shape index (κ1) is 20.3. The van der Waals surface area contributed by atoms with Gasteiger partial charge in [-0.05, 0) is 37.6 Å². The first-order valence-electron chi connectivity index (χ1n) is 9.82. The van der Waals surface area contributed by atoms with E-state index in [1.807, 2.05) is 62.4 Å². The maximum atomic E-state index is 12.7. The normalized spacial score (nSPS) is 15.1. The van der Waals surface area contributed by atoms with Crippen LogP contribution in [0.3, 0.4) is 0 Å². The van der Waals surface area contributed by atoms with Crippen LogP contribution in [0.2, 0.25) is 0 Å². The van der Waals surface area contributed by atoms with Crippen LogP contribution in [0.1, 0.15) is 12.5 Å². The lowest BCUT2D eigenvalue weighted by atomic mass is 10.1. The van der Waals surface area contributed by atoms with E-state index >= 15 is 0 Å². The largest absolute Gasteiger partial charge is 0.486 e. The predicted octanol–water partition coefficient (Wildman–Crippen LogP) is 3.83. The zero-order valence-corrected chi connectivity index (χ0v) is 17.7. The number of aromatic nitrogens is 2. The molecule has 1 aromatic heterocycles. The Morgan fingerprint density at radius 1 is 1.13 bits per heavy atom. The second-order valence-electron chi connectivity index (χ2n) is 6.91. The molecule has 7 nitrogen and oxygen atoms in total. The molecule has 0 saturated carbocycles. The summed E-state index contributed by atoms with van der Waals surface area (Å²) in [7, 11) is 0. The minimum absolute atomic E-state index is 0.0133. The van der Waals surface area contributed by atoms with Crippen LogP contribution in [0, 0.1) is 6.92 Å². The summed E-state index contributed by atoms with van der Waals surface area (Å²) in [6.07, 6.45) is -0.204. The Hall–Kier alpha value is -3.00. The fourth-order valence-corrected chi connectivity index (χ4v) is 3.88. The molecule has 30 heavy (non-hydrogen) atoms. The summed E-state index contributed by atoms with van der Waals surface area (Å²) in [5, 5.41) is 8.55. The number of ether oxygens (including phenoxy) is 2. The van der Waals surface area contributed by atoms with E-state index in [2.05, 4.69) is 10.2 Å². The molecular weight excluding hydrogens is 402 g/mol. The Bertz CT molecular complexity index is 1020. The maximum absolute atomic E-state index is 12.7. The van der Waals surface area contributed by atoms with Crippen molar-refractivity contribution >= 4 is 17.7 Å². The van der Waals surface area contributed by atoms with E-state index in [9.17, 15) is 4.79 Å². The number of para-hydroxylation sites is 2. The number of hydrogen-bond donors (Lipinski definition) is 0. The number of fused-ring (bicyclic) bond motifs is 1. The summed E-state index contributed by atoms with van der Waals surface area (Å²) in [6.45, 7) is 5.40. The third-order valence-electron chi connectivity index (χ3n) is 4.83. The molecule has 1 aliphatic rings. The van der Waals surface area contributed by atoms with E-state index in [1.54, 1.807) is 4.90 Å². The highest BCUT2D eigenvalue weighted by Gasteiger charge is 2.25. The zero-order chi connectivity index (χ0) is 20.9.